The Bertz CT molecular complexity index is 1070. The second kappa shape index (κ2) is 13.4. The van der Waals surface area contributed by atoms with Gasteiger partial charge in [-0.15, -0.1) is 0 Å². The van der Waals surface area contributed by atoms with Crippen LogP contribution in [0.1, 0.15) is 35.2 Å². The third-order valence-electron chi connectivity index (χ3n) is 5.52. The van der Waals surface area contributed by atoms with Crippen LogP contribution in [0.3, 0.4) is 0 Å². The average molecular weight is 519 g/mol. The van der Waals surface area contributed by atoms with Gasteiger partial charge in [0.1, 0.15) is 17.0 Å². The lowest BCUT2D eigenvalue weighted by Crippen LogP contribution is -2.42. The number of carboxylic acids is 1. The summed E-state index contributed by atoms with van der Waals surface area (Å²) < 4.78 is 15.3. The van der Waals surface area contributed by atoms with Crippen LogP contribution in [0.4, 0.5) is 0 Å². The zero-order chi connectivity index (χ0) is 25.2. The third kappa shape index (κ3) is 8.17. The van der Waals surface area contributed by atoms with E-state index in [1.165, 1.54) is 11.8 Å². The first-order valence-electron chi connectivity index (χ1n) is 11.2. The van der Waals surface area contributed by atoms with Gasteiger partial charge in [-0.2, -0.15) is 11.8 Å². The van der Waals surface area contributed by atoms with E-state index in [1.807, 2.05) is 42.7 Å². The molecule has 1 aliphatic rings. The zero-order valence-corrected chi connectivity index (χ0v) is 21.0. The van der Waals surface area contributed by atoms with E-state index < -0.39 is 28.9 Å². The molecule has 1 unspecified atom stereocenters. The standard InChI is InChI=1S/C24H30N4O5S2/c1-34-12-11-20(24(31)32)27-23(30)18-8-7-16(13-19(18)17-5-3-2-4-6-17)14-26-35(33)15-25-21-9-10-22(29)28-21/h2-8,13,20-21,25-26H,9-12,14-15H2,1H3,(H,27,30)(H,28,29)(H,31,32)/t20-,21+,35?/m0/s1. The highest BCUT2D eigenvalue weighted by Gasteiger charge is 2.23. The van der Waals surface area contributed by atoms with Gasteiger partial charge in [0.15, 0.2) is 0 Å². The van der Waals surface area contributed by atoms with E-state index in [0.717, 1.165) is 11.1 Å². The summed E-state index contributed by atoms with van der Waals surface area (Å²) in [5.74, 6) is -0.737. The average Bonchev–Trinajstić information content (AvgIpc) is 3.29. The molecule has 5 N–H and O–H groups in total. The lowest BCUT2D eigenvalue weighted by Gasteiger charge is -2.17. The number of carbonyl (C=O) groups is 3. The van der Waals surface area contributed by atoms with Gasteiger partial charge in [0.05, 0.1) is 12.0 Å². The predicted molar refractivity (Wildman–Crippen MR) is 138 cm³/mol. The number of hydrogen-bond acceptors (Lipinski definition) is 6. The summed E-state index contributed by atoms with van der Waals surface area (Å²) in [5.41, 5.74) is 2.67. The molecule has 0 radical (unpaired) electrons. The van der Waals surface area contributed by atoms with Crippen LogP contribution < -0.4 is 20.7 Å². The Hall–Kier alpha value is -2.73. The second-order valence-electron chi connectivity index (χ2n) is 8.07. The van der Waals surface area contributed by atoms with Gasteiger partial charge < -0.3 is 15.7 Å². The molecule has 1 saturated heterocycles. The van der Waals surface area contributed by atoms with Crippen LogP contribution >= 0.6 is 11.8 Å². The molecular weight excluding hydrogens is 488 g/mol. The number of thioether (sulfide) groups is 1. The van der Waals surface area contributed by atoms with Gasteiger partial charge in [-0.3, -0.25) is 14.9 Å². The molecule has 11 heteroatoms. The molecule has 35 heavy (non-hydrogen) atoms. The molecule has 2 aromatic carbocycles. The van der Waals surface area contributed by atoms with Gasteiger partial charge in [-0.25, -0.2) is 13.7 Å². The van der Waals surface area contributed by atoms with Gasteiger partial charge in [-0.1, -0.05) is 36.4 Å². The molecule has 188 valence electrons. The van der Waals surface area contributed by atoms with Crippen molar-refractivity contribution in [3.8, 4) is 11.1 Å². The van der Waals surface area contributed by atoms with Gasteiger partial charge in [0, 0.05) is 18.5 Å². The van der Waals surface area contributed by atoms with Crippen molar-refractivity contribution in [2.45, 2.75) is 38.0 Å². The van der Waals surface area contributed by atoms with Gasteiger partial charge in [0.25, 0.3) is 5.91 Å². The Balaban J connectivity index is 1.70. The topological polar surface area (TPSA) is 137 Å². The van der Waals surface area contributed by atoms with Crippen LogP contribution in [-0.2, 0) is 27.1 Å². The molecule has 0 spiro atoms. The second-order valence-corrected chi connectivity index (χ2v) is 10.3. The van der Waals surface area contributed by atoms with Crippen LogP contribution in [0.25, 0.3) is 11.1 Å². The Morgan fingerprint density at radius 2 is 2.00 bits per heavy atom. The predicted octanol–water partition coefficient (Wildman–Crippen LogP) is 1.83. The molecule has 9 nitrogen and oxygen atoms in total. The molecule has 0 aliphatic carbocycles. The van der Waals surface area contributed by atoms with E-state index in [1.54, 1.807) is 12.1 Å². The van der Waals surface area contributed by atoms with Gasteiger partial charge in [-0.05, 0) is 53.7 Å². The number of benzene rings is 2. The summed E-state index contributed by atoms with van der Waals surface area (Å²) in [6.07, 6.45) is 3.18. The minimum Gasteiger partial charge on any atom is -0.480 e. The van der Waals surface area contributed by atoms with Gasteiger partial charge >= 0.3 is 5.97 Å². The lowest BCUT2D eigenvalue weighted by molar-refractivity contribution is -0.139. The van der Waals surface area contributed by atoms with Crippen molar-refractivity contribution < 1.29 is 23.7 Å². The molecule has 3 rings (SSSR count). The molecule has 3 atom stereocenters. The summed E-state index contributed by atoms with van der Waals surface area (Å²) in [6.45, 7) is 0.304. The molecule has 1 fully saturated rings. The van der Waals surface area contributed by atoms with Crippen molar-refractivity contribution in [3.63, 3.8) is 0 Å². The fourth-order valence-corrected chi connectivity index (χ4v) is 4.90. The molecular formula is C24H30N4O5S2. The molecule has 2 aromatic rings. The molecule has 2 amide bonds. The molecule has 0 bridgehead atoms. The fraction of sp³-hybridized carbons (Fsp3) is 0.375. The van der Waals surface area contributed by atoms with E-state index in [0.29, 0.717) is 42.7 Å². The normalized spacial score (nSPS) is 16.9. The lowest BCUT2D eigenvalue weighted by atomic mass is 9.96. The van der Waals surface area contributed by atoms with Crippen LogP contribution in [-0.4, -0.2) is 57.2 Å². The Labute approximate surface area is 211 Å². The number of hydrogen-bond donors (Lipinski definition) is 5. The maximum Gasteiger partial charge on any atom is 0.326 e. The summed E-state index contributed by atoms with van der Waals surface area (Å²) in [6, 6.07) is 13.7. The Morgan fingerprint density at radius 1 is 1.23 bits per heavy atom. The third-order valence-corrected chi connectivity index (χ3v) is 7.06. The monoisotopic (exact) mass is 518 g/mol. The van der Waals surface area contributed by atoms with Gasteiger partial charge in [0.2, 0.25) is 5.91 Å². The molecule has 0 saturated carbocycles. The Kier molecular flexibility index (Phi) is 10.3. The highest BCUT2D eigenvalue weighted by Crippen LogP contribution is 2.25. The maximum absolute atomic E-state index is 13.0. The number of aliphatic carboxylic acids is 1. The van der Waals surface area contributed by atoms with Crippen LogP contribution in [0.2, 0.25) is 0 Å². The van der Waals surface area contributed by atoms with E-state index in [9.17, 15) is 23.7 Å². The van der Waals surface area contributed by atoms with E-state index in [4.69, 9.17) is 0 Å². The number of rotatable bonds is 13. The van der Waals surface area contributed by atoms with Crippen molar-refractivity contribution >= 4 is 40.5 Å². The smallest absolute Gasteiger partial charge is 0.326 e. The fourth-order valence-electron chi connectivity index (χ4n) is 3.64. The van der Waals surface area contributed by atoms with E-state index >= 15 is 0 Å². The van der Waals surface area contributed by atoms with Crippen molar-refractivity contribution in [2.75, 3.05) is 17.9 Å². The molecule has 0 aromatic heterocycles. The van der Waals surface area contributed by atoms with Crippen LogP contribution in [0.5, 0.6) is 0 Å². The van der Waals surface area contributed by atoms with Crippen LogP contribution in [0.15, 0.2) is 48.5 Å². The van der Waals surface area contributed by atoms with E-state index in [-0.39, 0.29) is 17.9 Å². The highest BCUT2D eigenvalue weighted by atomic mass is 32.2. The maximum atomic E-state index is 13.0. The minimum atomic E-state index is -1.37. The van der Waals surface area contributed by atoms with Crippen molar-refractivity contribution in [1.29, 1.82) is 0 Å². The van der Waals surface area contributed by atoms with E-state index in [2.05, 4.69) is 20.7 Å². The number of carboxylic acid groups (broad SMARTS) is 1. The SMILES string of the molecule is CSCC[C@H](NC(=O)c1ccc(CNS(=O)CN[C@H]2CCC(=O)N2)cc1-c1ccccc1)C(=O)O. The summed E-state index contributed by atoms with van der Waals surface area (Å²) in [5, 5.41) is 17.9. The summed E-state index contributed by atoms with van der Waals surface area (Å²) >= 11 is 1.52. The minimum absolute atomic E-state index is 0.0160. The first kappa shape index (κ1) is 26.9. The quantitative estimate of drug-likeness (QED) is 0.273. The molecule has 1 heterocycles. The number of carbonyl (C=O) groups excluding carboxylic acids is 2. The summed E-state index contributed by atoms with van der Waals surface area (Å²) in [4.78, 5) is 35.9. The summed E-state index contributed by atoms with van der Waals surface area (Å²) in [7, 11) is -1.37. The zero-order valence-electron chi connectivity index (χ0n) is 19.4. The van der Waals surface area contributed by atoms with Crippen LogP contribution in [0, 0.1) is 0 Å². The Morgan fingerprint density at radius 3 is 2.66 bits per heavy atom. The first-order chi connectivity index (χ1) is 16.9. The van der Waals surface area contributed by atoms with Crippen molar-refractivity contribution in [2.24, 2.45) is 0 Å². The largest absolute Gasteiger partial charge is 0.480 e. The molecule has 1 aliphatic heterocycles. The first-order valence-corrected chi connectivity index (χ1v) is 13.9. The number of amides is 2. The highest BCUT2D eigenvalue weighted by molar-refractivity contribution is 7.98. The van der Waals surface area contributed by atoms with Crippen molar-refractivity contribution in [3.05, 3.63) is 59.7 Å². The number of nitrogens with one attached hydrogen (secondary N) is 4. The van der Waals surface area contributed by atoms with Crippen molar-refractivity contribution in [1.82, 2.24) is 20.7 Å².